The van der Waals surface area contributed by atoms with Crippen molar-refractivity contribution in [3.63, 3.8) is 0 Å². The summed E-state index contributed by atoms with van der Waals surface area (Å²) in [4.78, 5) is 13.5. The van der Waals surface area contributed by atoms with Gasteiger partial charge in [0.15, 0.2) is 0 Å². The van der Waals surface area contributed by atoms with E-state index in [4.69, 9.17) is 4.74 Å². The molecular weight excluding hydrogens is 460 g/mol. The lowest BCUT2D eigenvalue weighted by Crippen LogP contribution is -2.51. The summed E-state index contributed by atoms with van der Waals surface area (Å²) in [6.45, 7) is 14.8. The fraction of sp³-hybridized carbons (Fsp3) is 0.966. The zero-order valence-corrected chi connectivity index (χ0v) is 23.3. The second-order valence-corrected chi connectivity index (χ2v) is 14.4. The molecule has 0 aromatic heterocycles. The first-order valence-corrected chi connectivity index (χ1v) is 14.8. The Hall–Kier alpha value is -0.0500. The number of esters is 1. The van der Waals surface area contributed by atoms with E-state index in [0.717, 1.165) is 30.1 Å². The van der Waals surface area contributed by atoms with Gasteiger partial charge in [-0.3, -0.25) is 4.79 Å². The van der Waals surface area contributed by atoms with Crippen LogP contribution in [-0.2, 0) is 9.53 Å². The predicted octanol–water partition coefficient (Wildman–Crippen LogP) is 8.41. The zero-order valence-electron chi connectivity index (χ0n) is 21.7. The summed E-state index contributed by atoms with van der Waals surface area (Å²) in [5.41, 5.74) is 0.598. The molecule has 0 aromatic rings. The molecule has 0 amide bonds. The van der Waals surface area contributed by atoms with E-state index >= 15 is 0 Å². The van der Waals surface area contributed by atoms with Gasteiger partial charge in [0.05, 0.1) is 0 Å². The highest BCUT2D eigenvalue weighted by atomic mass is 79.9. The Morgan fingerprint density at radius 3 is 2.38 bits per heavy atom. The maximum Gasteiger partial charge on any atom is 0.306 e. The van der Waals surface area contributed by atoms with Crippen LogP contribution in [0, 0.1) is 52.3 Å². The van der Waals surface area contributed by atoms with E-state index in [1.165, 1.54) is 57.8 Å². The number of alkyl halides is 1. The van der Waals surface area contributed by atoms with Crippen LogP contribution in [0.3, 0.4) is 0 Å². The molecule has 0 bridgehead atoms. The van der Waals surface area contributed by atoms with E-state index in [1.54, 1.807) is 0 Å². The monoisotopic (exact) mass is 508 g/mol. The van der Waals surface area contributed by atoms with Gasteiger partial charge in [-0.2, -0.15) is 0 Å². The van der Waals surface area contributed by atoms with E-state index in [0.29, 0.717) is 34.4 Å². The van der Waals surface area contributed by atoms with Gasteiger partial charge < -0.3 is 4.74 Å². The summed E-state index contributed by atoms with van der Waals surface area (Å²) in [6, 6.07) is 0. The molecule has 1 heterocycles. The van der Waals surface area contributed by atoms with Crippen LogP contribution in [0.25, 0.3) is 0 Å². The standard InChI is InChI=1S/C29H49BrO2/c1-7-20(18(2)3)9-8-19(4)23-10-11-24-22-17-27(31)32-26-16-21(30)12-14-29(26,6)25(22)13-15-28(23,24)5/h18-26H,7-17H2,1-6H3/t19-,20-,21+,22+,23-,24+,25+,26+,28-,29-/m1/s1. The van der Waals surface area contributed by atoms with Crippen molar-refractivity contribution >= 4 is 21.9 Å². The lowest BCUT2D eigenvalue weighted by atomic mass is 9.49. The van der Waals surface area contributed by atoms with Gasteiger partial charge >= 0.3 is 5.97 Å². The summed E-state index contributed by atoms with van der Waals surface area (Å²) in [7, 11) is 0. The first-order chi connectivity index (χ1) is 15.1. The molecule has 3 heteroatoms. The maximum absolute atomic E-state index is 13.0. The minimum Gasteiger partial charge on any atom is -0.462 e. The normalized spacial score (nSPS) is 45.9. The average molecular weight is 510 g/mol. The van der Waals surface area contributed by atoms with Crippen LogP contribution in [0.2, 0.25) is 0 Å². The number of halogens is 1. The van der Waals surface area contributed by atoms with Crippen LogP contribution >= 0.6 is 15.9 Å². The highest BCUT2D eigenvalue weighted by molar-refractivity contribution is 9.09. The van der Waals surface area contributed by atoms with Crippen LogP contribution in [0.5, 0.6) is 0 Å². The Labute approximate surface area is 206 Å². The first-order valence-electron chi connectivity index (χ1n) is 13.9. The molecule has 0 aromatic carbocycles. The molecule has 0 N–H and O–H groups in total. The number of carbonyl (C=O) groups is 1. The number of carbonyl (C=O) groups excluding carboxylic acids is 1. The molecule has 4 fully saturated rings. The summed E-state index contributed by atoms with van der Waals surface area (Å²) in [5, 5.41) is 0. The molecular formula is C29H49BrO2. The number of ether oxygens (including phenoxy) is 1. The summed E-state index contributed by atoms with van der Waals surface area (Å²) >= 11 is 3.83. The molecule has 0 radical (unpaired) electrons. The van der Waals surface area contributed by atoms with Crippen LogP contribution in [0.1, 0.15) is 112 Å². The van der Waals surface area contributed by atoms with Crippen molar-refractivity contribution < 1.29 is 9.53 Å². The molecule has 3 aliphatic carbocycles. The highest BCUT2D eigenvalue weighted by Crippen LogP contribution is 2.66. The Morgan fingerprint density at radius 1 is 1.00 bits per heavy atom. The van der Waals surface area contributed by atoms with Gasteiger partial charge in [-0.15, -0.1) is 0 Å². The van der Waals surface area contributed by atoms with E-state index in [9.17, 15) is 4.79 Å². The number of hydrogen-bond acceptors (Lipinski definition) is 2. The fourth-order valence-electron chi connectivity index (χ4n) is 9.31. The van der Waals surface area contributed by atoms with Crippen LogP contribution in [0.15, 0.2) is 0 Å². The minimum atomic E-state index is 0.0961. The Kier molecular flexibility index (Phi) is 7.47. The second kappa shape index (κ2) is 9.54. The molecule has 32 heavy (non-hydrogen) atoms. The van der Waals surface area contributed by atoms with Crippen molar-refractivity contribution in [2.75, 3.05) is 0 Å². The number of hydrogen-bond donors (Lipinski definition) is 0. The van der Waals surface area contributed by atoms with Crippen molar-refractivity contribution in [1.29, 1.82) is 0 Å². The molecule has 1 aliphatic heterocycles. The predicted molar refractivity (Wildman–Crippen MR) is 137 cm³/mol. The van der Waals surface area contributed by atoms with Gasteiger partial charge in [0.25, 0.3) is 0 Å². The lowest BCUT2D eigenvalue weighted by Gasteiger charge is -2.55. The van der Waals surface area contributed by atoms with Crippen molar-refractivity contribution in [1.82, 2.24) is 0 Å². The van der Waals surface area contributed by atoms with Crippen LogP contribution in [0.4, 0.5) is 0 Å². The van der Waals surface area contributed by atoms with E-state index in [2.05, 4.69) is 57.5 Å². The van der Waals surface area contributed by atoms with Crippen LogP contribution < -0.4 is 0 Å². The van der Waals surface area contributed by atoms with E-state index in [-0.39, 0.29) is 17.5 Å². The molecule has 1 saturated heterocycles. The Morgan fingerprint density at radius 2 is 1.69 bits per heavy atom. The van der Waals surface area contributed by atoms with Crippen molar-refractivity contribution in [3.05, 3.63) is 0 Å². The van der Waals surface area contributed by atoms with Gasteiger partial charge in [-0.05, 0) is 98.2 Å². The van der Waals surface area contributed by atoms with Crippen molar-refractivity contribution in [3.8, 4) is 0 Å². The quantitative estimate of drug-likeness (QED) is 0.265. The van der Waals surface area contributed by atoms with Gasteiger partial charge in [0.1, 0.15) is 6.10 Å². The molecule has 4 aliphatic rings. The highest BCUT2D eigenvalue weighted by Gasteiger charge is 2.61. The average Bonchev–Trinajstić information content (AvgIpc) is 3.03. The molecule has 10 atom stereocenters. The van der Waals surface area contributed by atoms with E-state index in [1.807, 2.05) is 0 Å². The third-order valence-electron chi connectivity index (χ3n) is 11.4. The second-order valence-electron chi connectivity index (χ2n) is 13.1. The van der Waals surface area contributed by atoms with Gasteiger partial charge in [0, 0.05) is 16.7 Å². The molecule has 0 unspecified atom stereocenters. The number of rotatable bonds is 6. The first kappa shape index (κ1) is 25.1. The molecule has 0 spiro atoms. The largest absolute Gasteiger partial charge is 0.462 e. The van der Waals surface area contributed by atoms with E-state index < -0.39 is 0 Å². The van der Waals surface area contributed by atoms with Crippen LogP contribution in [-0.4, -0.2) is 16.9 Å². The Bertz CT molecular complexity index is 676. The fourth-order valence-corrected chi connectivity index (χ4v) is 9.88. The SMILES string of the molecule is CC[C@H](CC[C@@H](C)[C@H]1CC[C@H]2[C@@H]3CC(=O)O[C@H]4C[C@@H](Br)CC[C@]4(C)[C@H]3CC[C@]12C)C(C)C. The minimum absolute atomic E-state index is 0.0961. The molecule has 4 rings (SSSR count). The molecule has 3 saturated carbocycles. The van der Waals surface area contributed by atoms with Crippen molar-refractivity contribution in [2.45, 2.75) is 123 Å². The Balaban J connectivity index is 1.51. The van der Waals surface area contributed by atoms with Crippen molar-refractivity contribution in [2.24, 2.45) is 52.3 Å². The summed E-state index contributed by atoms with van der Waals surface area (Å²) in [6.07, 6.45) is 13.7. The van der Waals surface area contributed by atoms with Gasteiger partial charge in [0.2, 0.25) is 0 Å². The van der Waals surface area contributed by atoms with Gasteiger partial charge in [-0.1, -0.05) is 70.3 Å². The molecule has 2 nitrogen and oxygen atoms in total. The summed E-state index contributed by atoms with van der Waals surface area (Å²) in [5.74, 6) is 5.32. The smallest absolute Gasteiger partial charge is 0.306 e. The lowest BCUT2D eigenvalue weighted by molar-refractivity contribution is -0.156. The number of fused-ring (bicyclic) bond motifs is 5. The maximum atomic E-state index is 13.0. The molecule has 184 valence electrons. The topological polar surface area (TPSA) is 26.3 Å². The van der Waals surface area contributed by atoms with Gasteiger partial charge in [-0.25, -0.2) is 0 Å². The zero-order chi connectivity index (χ0) is 23.3. The summed E-state index contributed by atoms with van der Waals surface area (Å²) < 4.78 is 6.17. The third kappa shape index (κ3) is 4.35. The third-order valence-corrected chi connectivity index (χ3v) is 12.2.